The van der Waals surface area contributed by atoms with Crippen LogP contribution in [-0.4, -0.2) is 94.1 Å². The number of benzene rings is 2. The molecule has 3 aromatic rings. The van der Waals surface area contributed by atoms with Crippen LogP contribution in [0.4, 0.5) is 5.69 Å². The standard InChI is InChI=1S/C28H32ClN5O4/c29-20-6-5-19(18-36)25(15-20)31-26(37)17-33-8-7-24-22(16-33)27(21-3-1-2-4-23(21)30-24)28(38)34-11-9-32(10-12-34)13-14-35/h1-6,15,35-36H,7-14,16-18H2,(H,31,37). The molecule has 0 spiro atoms. The lowest BCUT2D eigenvalue weighted by Crippen LogP contribution is -2.49. The van der Waals surface area contributed by atoms with Crippen LogP contribution in [0.2, 0.25) is 5.02 Å². The highest BCUT2D eigenvalue weighted by atomic mass is 35.5. The number of fused-ring (bicyclic) bond motifs is 2. The summed E-state index contributed by atoms with van der Waals surface area (Å²) in [6.07, 6.45) is 0.636. The Hall–Kier alpha value is -3.08. The van der Waals surface area contributed by atoms with Gasteiger partial charge in [0.2, 0.25) is 5.91 Å². The molecule has 2 aliphatic heterocycles. The minimum Gasteiger partial charge on any atom is -0.395 e. The van der Waals surface area contributed by atoms with E-state index in [9.17, 15) is 19.8 Å². The monoisotopic (exact) mass is 537 g/mol. The van der Waals surface area contributed by atoms with E-state index >= 15 is 0 Å². The maximum absolute atomic E-state index is 13.9. The van der Waals surface area contributed by atoms with Crippen molar-refractivity contribution < 1.29 is 19.8 Å². The molecule has 1 saturated heterocycles. The number of amides is 2. The van der Waals surface area contributed by atoms with E-state index in [-0.39, 0.29) is 31.6 Å². The summed E-state index contributed by atoms with van der Waals surface area (Å²) in [6.45, 7) is 4.38. The number of anilines is 1. The fourth-order valence-corrected chi connectivity index (χ4v) is 5.47. The van der Waals surface area contributed by atoms with Crippen LogP contribution in [0, 0.1) is 0 Å². The SMILES string of the molecule is O=C(CN1CCc2nc3ccccc3c(C(=O)N3CCN(CCO)CC3)c2C1)Nc1cc(Cl)ccc1CO. The van der Waals surface area contributed by atoms with Gasteiger partial charge in [0.15, 0.2) is 0 Å². The van der Waals surface area contributed by atoms with Gasteiger partial charge < -0.3 is 20.4 Å². The molecule has 0 aliphatic carbocycles. The van der Waals surface area contributed by atoms with E-state index in [4.69, 9.17) is 16.6 Å². The van der Waals surface area contributed by atoms with Crippen molar-refractivity contribution in [1.29, 1.82) is 0 Å². The van der Waals surface area contributed by atoms with Crippen LogP contribution in [0.15, 0.2) is 42.5 Å². The highest BCUT2D eigenvalue weighted by molar-refractivity contribution is 6.31. The molecule has 2 aromatic carbocycles. The molecule has 2 amide bonds. The fraction of sp³-hybridized carbons (Fsp3) is 0.393. The van der Waals surface area contributed by atoms with Gasteiger partial charge in [0.05, 0.1) is 30.8 Å². The molecule has 0 saturated carbocycles. The Bertz CT molecular complexity index is 1340. The maximum Gasteiger partial charge on any atom is 0.255 e. The molecule has 0 atom stereocenters. The van der Waals surface area contributed by atoms with Gasteiger partial charge in [-0.2, -0.15) is 0 Å². The zero-order chi connectivity index (χ0) is 26.6. The van der Waals surface area contributed by atoms with Gasteiger partial charge in [-0.15, -0.1) is 0 Å². The zero-order valence-electron chi connectivity index (χ0n) is 21.2. The number of hydrogen-bond donors (Lipinski definition) is 3. The number of nitrogens with one attached hydrogen (secondary N) is 1. The molecule has 2 aliphatic rings. The Balaban J connectivity index is 1.38. The summed E-state index contributed by atoms with van der Waals surface area (Å²) in [5, 5.41) is 23.0. The predicted octanol–water partition coefficient (Wildman–Crippen LogP) is 2.13. The van der Waals surface area contributed by atoms with Gasteiger partial charge in [-0.1, -0.05) is 35.9 Å². The van der Waals surface area contributed by atoms with Crippen molar-refractivity contribution in [2.24, 2.45) is 0 Å². The second kappa shape index (κ2) is 11.8. The number of rotatable bonds is 7. The Morgan fingerprint density at radius 2 is 1.79 bits per heavy atom. The van der Waals surface area contributed by atoms with Gasteiger partial charge in [0.25, 0.3) is 5.91 Å². The van der Waals surface area contributed by atoms with Crippen LogP contribution in [0.5, 0.6) is 0 Å². The van der Waals surface area contributed by atoms with Crippen molar-refractivity contribution in [1.82, 2.24) is 19.7 Å². The van der Waals surface area contributed by atoms with Crippen LogP contribution < -0.4 is 5.32 Å². The first-order chi connectivity index (χ1) is 18.5. The molecular weight excluding hydrogens is 506 g/mol. The van der Waals surface area contributed by atoms with Crippen LogP contribution in [-0.2, 0) is 24.4 Å². The molecule has 3 N–H and O–H groups in total. The lowest BCUT2D eigenvalue weighted by molar-refractivity contribution is -0.117. The van der Waals surface area contributed by atoms with Crippen LogP contribution in [0.3, 0.4) is 0 Å². The predicted molar refractivity (Wildman–Crippen MR) is 146 cm³/mol. The number of β-amino-alcohol motifs (C(OH)–C–C–N with tert-alkyl or cyclic N) is 1. The number of aromatic nitrogens is 1. The number of piperazine rings is 1. The van der Waals surface area contributed by atoms with Crippen molar-refractivity contribution in [3.63, 3.8) is 0 Å². The Labute approximate surface area is 226 Å². The summed E-state index contributed by atoms with van der Waals surface area (Å²) in [5.74, 6) is -0.228. The number of para-hydroxylation sites is 1. The van der Waals surface area contributed by atoms with E-state index in [0.29, 0.717) is 61.0 Å². The largest absolute Gasteiger partial charge is 0.395 e. The molecule has 38 heavy (non-hydrogen) atoms. The molecular formula is C28H32ClN5O4. The number of aliphatic hydroxyl groups is 2. The van der Waals surface area contributed by atoms with E-state index < -0.39 is 0 Å². The van der Waals surface area contributed by atoms with Gasteiger partial charge in [0.1, 0.15) is 0 Å². The average molecular weight is 538 g/mol. The highest BCUT2D eigenvalue weighted by Crippen LogP contribution is 2.30. The number of nitrogens with zero attached hydrogens (tertiary/aromatic N) is 4. The van der Waals surface area contributed by atoms with Crippen molar-refractivity contribution in [2.45, 2.75) is 19.6 Å². The summed E-state index contributed by atoms with van der Waals surface area (Å²) in [4.78, 5) is 37.8. The summed E-state index contributed by atoms with van der Waals surface area (Å²) in [7, 11) is 0. The van der Waals surface area contributed by atoms with Crippen molar-refractivity contribution in [3.05, 3.63) is 69.9 Å². The zero-order valence-corrected chi connectivity index (χ0v) is 22.0. The van der Waals surface area contributed by atoms with Gasteiger partial charge in [-0.05, 0) is 18.2 Å². The molecule has 0 radical (unpaired) electrons. The normalized spacial score (nSPS) is 16.4. The van der Waals surface area contributed by atoms with Crippen molar-refractivity contribution in [3.8, 4) is 0 Å². The van der Waals surface area contributed by atoms with E-state index in [1.165, 1.54) is 0 Å². The third kappa shape index (κ3) is 5.67. The quantitative estimate of drug-likeness (QED) is 0.423. The first-order valence-corrected chi connectivity index (χ1v) is 13.3. The smallest absolute Gasteiger partial charge is 0.255 e. The molecule has 3 heterocycles. The number of aliphatic hydroxyl groups excluding tert-OH is 2. The molecule has 0 bridgehead atoms. The van der Waals surface area contributed by atoms with Crippen LogP contribution >= 0.6 is 11.6 Å². The van der Waals surface area contributed by atoms with E-state index in [0.717, 1.165) is 35.2 Å². The minimum atomic E-state index is -0.216. The maximum atomic E-state index is 13.9. The third-order valence-corrected chi connectivity index (χ3v) is 7.53. The van der Waals surface area contributed by atoms with Crippen molar-refractivity contribution in [2.75, 3.05) is 57.7 Å². The molecule has 200 valence electrons. The molecule has 10 heteroatoms. The van der Waals surface area contributed by atoms with Crippen LogP contribution in [0.25, 0.3) is 10.9 Å². The second-order valence-corrected chi connectivity index (χ2v) is 10.2. The number of carbonyl (C=O) groups is 2. The van der Waals surface area contributed by atoms with E-state index in [1.807, 2.05) is 34.1 Å². The molecule has 1 fully saturated rings. The molecule has 5 rings (SSSR count). The second-order valence-electron chi connectivity index (χ2n) is 9.76. The summed E-state index contributed by atoms with van der Waals surface area (Å²) in [5.41, 5.74) is 4.34. The number of halogens is 1. The molecule has 0 unspecified atom stereocenters. The topological polar surface area (TPSA) is 109 Å². The lowest BCUT2D eigenvalue weighted by atomic mass is 9.94. The van der Waals surface area contributed by atoms with Gasteiger partial charge >= 0.3 is 0 Å². The van der Waals surface area contributed by atoms with E-state index in [2.05, 4.69) is 10.2 Å². The number of pyridine rings is 1. The summed E-state index contributed by atoms with van der Waals surface area (Å²) < 4.78 is 0. The average Bonchev–Trinajstić information content (AvgIpc) is 2.92. The Morgan fingerprint density at radius 3 is 2.55 bits per heavy atom. The summed E-state index contributed by atoms with van der Waals surface area (Å²) >= 11 is 6.09. The van der Waals surface area contributed by atoms with Gasteiger partial charge in [0, 0.05) is 85.2 Å². The third-order valence-electron chi connectivity index (χ3n) is 7.30. The van der Waals surface area contributed by atoms with Crippen molar-refractivity contribution >= 4 is 40.0 Å². The first-order valence-electron chi connectivity index (χ1n) is 12.9. The molecule has 1 aromatic heterocycles. The molecule has 9 nitrogen and oxygen atoms in total. The highest BCUT2D eigenvalue weighted by Gasteiger charge is 2.30. The summed E-state index contributed by atoms with van der Waals surface area (Å²) in [6, 6.07) is 12.7. The first kappa shape index (κ1) is 26.5. The number of hydrogen-bond acceptors (Lipinski definition) is 7. The fourth-order valence-electron chi connectivity index (χ4n) is 5.30. The Kier molecular flexibility index (Phi) is 8.21. The van der Waals surface area contributed by atoms with Crippen LogP contribution in [0.1, 0.15) is 27.2 Å². The van der Waals surface area contributed by atoms with Gasteiger partial charge in [-0.25, -0.2) is 0 Å². The minimum absolute atomic E-state index is 0.0127. The van der Waals surface area contributed by atoms with Gasteiger partial charge in [-0.3, -0.25) is 24.4 Å². The Morgan fingerprint density at radius 1 is 1.00 bits per heavy atom. The number of carbonyl (C=O) groups excluding carboxylic acids is 2. The lowest BCUT2D eigenvalue weighted by Gasteiger charge is -2.36. The van der Waals surface area contributed by atoms with E-state index in [1.54, 1.807) is 18.2 Å².